The Morgan fingerprint density at radius 2 is 2.24 bits per heavy atom. The molecule has 17 heavy (non-hydrogen) atoms. The Morgan fingerprint density at radius 1 is 1.41 bits per heavy atom. The van der Waals surface area contributed by atoms with Gasteiger partial charge in [0, 0.05) is 25.8 Å². The summed E-state index contributed by atoms with van der Waals surface area (Å²) in [6.07, 6.45) is 7.85. The topological polar surface area (TPSA) is 41.1 Å². The largest absolute Gasteiger partial charge is 0.355 e. The van der Waals surface area contributed by atoms with Gasteiger partial charge in [-0.25, -0.2) is 4.98 Å². The molecule has 0 aliphatic heterocycles. The maximum Gasteiger partial charge on any atom is 0.147 e. The molecular weight excluding hydrogens is 212 g/mol. The van der Waals surface area contributed by atoms with E-state index in [2.05, 4.69) is 27.1 Å². The first kappa shape index (κ1) is 12.3. The van der Waals surface area contributed by atoms with Crippen molar-refractivity contribution in [3.8, 4) is 0 Å². The van der Waals surface area contributed by atoms with Crippen molar-refractivity contribution >= 4 is 5.82 Å². The Bertz CT molecular complexity index is 349. The van der Waals surface area contributed by atoms with Crippen molar-refractivity contribution in [1.29, 1.82) is 0 Å². The second-order valence-corrected chi connectivity index (χ2v) is 4.73. The third kappa shape index (κ3) is 3.16. The average molecular weight is 234 g/mol. The molecule has 1 saturated carbocycles. The summed E-state index contributed by atoms with van der Waals surface area (Å²) in [7, 11) is 1.93. The maximum absolute atomic E-state index is 4.65. The average Bonchev–Trinajstić information content (AvgIpc) is 2.29. The summed E-state index contributed by atoms with van der Waals surface area (Å²) in [5.74, 6) is 1.89. The number of hydrogen-bond acceptors (Lipinski definition) is 4. The second-order valence-electron chi connectivity index (χ2n) is 4.73. The molecule has 2 rings (SSSR count). The molecule has 1 N–H and O–H groups in total. The van der Waals surface area contributed by atoms with Crippen molar-refractivity contribution in [3.05, 3.63) is 18.1 Å². The minimum Gasteiger partial charge on any atom is -0.355 e. The molecule has 1 aromatic rings. The van der Waals surface area contributed by atoms with E-state index in [9.17, 15) is 0 Å². The molecule has 0 saturated heterocycles. The molecule has 0 spiro atoms. The van der Waals surface area contributed by atoms with Crippen LogP contribution in [0, 0.1) is 5.92 Å². The van der Waals surface area contributed by atoms with Gasteiger partial charge in [-0.3, -0.25) is 4.98 Å². The molecule has 1 fully saturated rings. The van der Waals surface area contributed by atoms with Crippen molar-refractivity contribution in [1.82, 2.24) is 15.3 Å². The summed E-state index contributed by atoms with van der Waals surface area (Å²) in [5.41, 5.74) is 1.01. The first-order valence-corrected chi connectivity index (χ1v) is 6.54. The summed E-state index contributed by atoms with van der Waals surface area (Å²) in [6.45, 7) is 5.11. The lowest BCUT2D eigenvalue weighted by Crippen LogP contribution is -2.33. The first-order chi connectivity index (χ1) is 8.33. The first-order valence-electron chi connectivity index (χ1n) is 6.54. The molecule has 4 heteroatoms. The van der Waals surface area contributed by atoms with Crippen LogP contribution in [0.1, 0.15) is 31.9 Å². The zero-order valence-electron chi connectivity index (χ0n) is 10.8. The van der Waals surface area contributed by atoms with Gasteiger partial charge in [0.2, 0.25) is 0 Å². The fourth-order valence-corrected chi connectivity index (χ4v) is 2.19. The number of nitrogens with one attached hydrogen (secondary N) is 1. The third-order valence-electron chi connectivity index (χ3n) is 3.44. The molecule has 0 bridgehead atoms. The molecule has 0 amide bonds. The molecule has 0 aromatic carbocycles. The quantitative estimate of drug-likeness (QED) is 0.815. The molecule has 1 aliphatic carbocycles. The van der Waals surface area contributed by atoms with E-state index in [1.54, 1.807) is 0 Å². The van der Waals surface area contributed by atoms with Gasteiger partial charge in [-0.15, -0.1) is 0 Å². The van der Waals surface area contributed by atoms with Crippen LogP contribution in [0.25, 0.3) is 0 Å². The van der Waals surface area contributed by atoms with Gasteiger partial charge in [0.25, 0.3) is 0 Å². The summed E-state index contributed by atoms with van der Waals surface area (Å²) in [6, 6.07) is 0. The summed E-state index contributed by atoms with van der Waals surface area (Å²) in [5, 5.41) is 3.11. The molecular formula is C13H22N4. The lowest BCUT2D eigenvalue weighted by Gasteiger charge is -2.32. The zero-order chi connectivity index (χ0) is 12.1. The Balaban J connectivity index is 2.03. The number of rotatable bonds is 6. The number of hydrogen-bond donors (Lipinski definition) is 1. The van der Waals surface area contributed by atoms with Gasteiger partial charge in [-0.2, -0.15) is 0 Å². The number of anilines is 1. The number of aromatic nitrogens is 2. The maximum atomic E-state index is 4.65. The van der Waals surface area contributed by atoms with Gasteiger partial charge in [-0.1, -0.05) is 6.42 Å². The summed E-state index contributed by atoms with van der Waals surface area (Å²) < 4.78 is 0. The lowest BCUT2D eigenvalue weighted by molar-refractivity contribution is 0.318. The van der Waals surface area contributed by atoms with E-state index in [1.165, 1.54) is 19.3 Å². The fourth-order valence-electron chi connectivity index (χ4n) is 2.19. The standard InChI is InChI=1S/C13H22N4/c1-3-17(10-11-5-4-6-11)13-9-15-8-12(16-13)7-14-2/h8-9,11,14H,3-7,10H2,1-2H3. The Kier molecular flexibility index (Phi) is 4.31. The Labute approximate surface area is 103 Å². The van der Waals surface area contributed by atoms with Crippen molar-refractivity contribution in [2.75, 3.05) is 25.0 Å². The van der Waals surface area contributed by atoms with Crippen molar-refractivity contribution < 1.29 is 0 Å². The van der Waals surface area contributed by atoms with Crippen LogP contribution in [0.5, 0.6) is 0 Å². The van der Waals surface area contributed by atoms with Crippen LogP contribution >= 0.6 is 0 Å². The highest BCUT2D eigenvalue weighted by molar-refractivity contribution is 5.36. The van der Waals surface area contributed by atoms with Gasteiger partial charge in [0.15, 0.2) is 0 Å². The van der Waals surface area contributed by atoms with E-state index in [0.717, 1.165) is 37.1 Å². The van der Waals surface area contributed by atoms with Crippen LogP contribution in [-0.2, 0) is 6.54 Å². The van der Waals surface area contributed by atoms with E-state index < -0.39 is 0 Å². The molecule has 0 atom stereocenters. The van der Waals surface area contributed by atoms with Gasteiger partial charge < -0.3 is 10.2 Å². The van der Waals surface area contributed by atoms with E-state index in [1.807, 2.05) is 19.4 Å². The summed E-state index contributed by atoms with van der Waals surface area (Å²) >= 11 is 0. The van der Waals surface area contributed by atoms with Crippen molar-refractivity contribution in [2.45, 2.75) is 32.7 Å². The molecule has 0 radical (unpaired) electrons. The van der Waals surface area contributed by atoms with E-state index in [-0.39, 0.29) is 0 Å². The van der Waals surface area contributed by atoms with Crippen LogP contribution in [0.4, 0.5) is 5.82 Å². The van der Waals surface area contributed by atoms with Crippen LogP contribution in [0.2, 0.25) is 0 Å². The Morgan fingerprint density at radius 3 is 2.82 bits per heavy atom. The zero-order valence-corrected chi connectivity index (χ0v) is 10.8. The normalized spacial score (nSPS) is 15.6. The number of nitrogens with zero attached hydrogens (tertiary/aromatic N) is 3. The smallest absolute Gasteiger partial charge is 0.147 e. The predicted molar refractivity (Wildman–Crippen MR) is 70.0 cm³/mol. The van der Waals surface area contributed by atoms with Crippen LogP contribution < -0.4 is 10.2 Å². The Hall–Kier alpha value is -1.16. The predicted octanol–water partition coefficient (Wildman–Crippen LogP) is 1.82. The van der Waals surface area contributed by atoms with Crippen LogP contribution in [-0.4, -0.2) is 30.1 Å². The molecule has 94 valence electrons. The highest BCUT2D eigenvalue weighted by Gasteiger charge is 2.20. The van der Waals surface area contributed by atoms with Crippen LogP contribution in [0.3, 0.4) is 0 Å². The van der Waals surface area contributed by atoms with Gasteiger partial charge >= 0.3 is 0 Å². The third-order valence-corrected chi connectivity index (χ3v) is 3.44. The highest BCUT2D eigenvalue weighted by atomic mass is 15.2. The molecule has 1 heterocycles. The van der Waals surface area contributed by atoms with Crippen molar-refractivity contribution in [2.24, 2.45) is 5.92 Å². The highest BCUT2D eigenvalue weighted by Crippen LogP contribution is 2.28. The lowest BCUT2D eigenvalue weighted by atomic mass is 9.85. The van der Waals surface area contributed by atoms with Gasteiger partial charge in [-0.05, 0) is 32.7 Å². The van der Waals surface area contributed by atoms with Gasteiger partial charge in [0.1, 0.15) is 5.82 Å². The van der Waals surface area contributed by atoms with Gasteiger partial charge in [0.05, 0.1) is 11.9 Å². The minimum atomic E-state index is 0.780. The SMILES string of the molecule is CCN(CC1CCC1)c1cncc(CNC)n1. The molecule has 4 nitrogen and oxygen atoms in total. The minimum absolute atomic E-state index is 0.780. The fraction of sp³-hybridized carbons (Fsp3) is 0.692. The van der Waals surface area contributed by atoms with Crippen molar-refractivity contribution in [3.63, 3.8) is 0 Å². The second kappa shape index (κ2) is 5.96. The molecule has 0 unspecified atom stereocenters. The van der Waals surface area contributed by atoms with Crippen LogP contribution in [0.15, 0.2) is 12.4 Å². The monoisotopic (exact) mass is 234 g/mol. The molecule has 1 aliphatic rings. The van der Waals surface area contributed by atoms with E-state index in [4.69, 9.17) is 0 Å². The molecule has 1 aromatic heterocycles. The summed E-state index contributed by atoms with van der Waals surface area (Å²) in [4.78, 5) is 11.3. The van der Waals surface area contributed by atoms with E-state index >= 15 is 0 Å². The van der Waals surface area contributed by atoms with E-state index in [0.29, 0.717) is 0 Å².